The van der Waals surface area contributed by atoms with E-state index in [2.05, 4.69) is 0 Å². The molecule has 7 heteroatoms. The summed E-state index contributed by atoms with van der Waals surface area (Å²) in [4.78, 5) is 0.0467. The molecule has 0 heterocycles. The predicted octanol–water partition coefficient (Wildman–Crippen LogP) is 5.16. The van der Waals surface area contributed by atoms with E-state index in [9.17, 15) is 0 Å². The normalized spacial score (nSPS) is 10.9. The van der Waals surface area contributed by atoms with Crippen LogP contribution in [0.2, 0.25) is 10.0 Å². The van der Waals surface area contributed by atoms with Crippen molar-refractivity contribution in [3.05, 3.63) is 63.1 Å². The average molecular weight is 407 g/mol. The van der Waals surface area contributed by atoms with E-state index < -0.39 is 0 Å². The van der Waals surface area contributed by atoms with E-state index in [1.807, 2.05) is 19.1 Å². The Morgan fingerprint density at radius 1 is 1.15 bits per heavy atom. The van der Waals surface area contributed by atoms with Crippen LogP contribution in [0.1, 0.15) is 18.1 Å². The molecule has 2 rings (SSSR count). The molecule has 26 heavy (non-hydrogen) atoms. The average Bonchev–Trinajstić information content (AvgIpc) is 2.61. The van der Waals surface area contributed by atoms with Gasteiger partial charge in [-0.15, -0.1) is 0 Å². The Morgan fingerprint density at radius 2 is 1.92 bits per heavy atom. The first kappa shape index (κ1) is 20.1. The number of rotatable bonds is 7. The van der Waals surface area contributed by atoms with Crippen LogP contribution in [0.25, 0.3) is 6.08 Å². The standard InChI is InChI=1S/C19H16Cl2N2O2S/c1-2-24-18-9-12(7-14(10-22)19(23)26)4-6-17(18)25-11-13-3-5-15(20)16(21)8-13/h3-9H,2,11H2,1H3,(H2,23,26)/b14-7+. The molecule has 0 spiro atoms. The second-order valence-electron chi connectivity index (χ2n) is 5.21. The Kier molecular flexibility index (Phi) is 7.28. The van der Waals surface area contributed by atoms with Gasteiger partial charge in [0.2, 0.25) is 0 Å². The van der Waals surface area contributed by atoms with Gasteiger partial charge in [0.05, 0.1) is 22.2 Å². The third kappa shape index (κ3) is 5.37. The van der Waals surface area contributed by atoms with Gasteiger partial charge in [-0.3, -0.25) is 0 Å². The van der Waals surface area contributed by atoms with E-state index in [4.69, 9.17) is 55.9 Å². The molecule has 2 N–H and O–H groups in total. The summed E-state index contributed by atoms with van der Waals surface area (Å²) in [6.45, 7) is 2.65. The van der Waals surface area contributed by atoms with Crippen molar-refractivity contribution in [2.45, 2.75) is 13.5 Å². The zero-order chi connectivity index (χ0) is 19.1. The van der Waals surface area contributed by atoms with Crippen molar-refractivity contribution in [1.29, 1.82) is 5.26 Å². The van der Waals surface area contributed by atoms with Crippen LogP contribution in [0.3, 0.4) is 0 Å². The Morgan fingerprint density at radius 3 is 2.54 bits per heavy atom. The second-order valence-corrected chi connectivity index (χ2v) is 6.46. The lowest BCUT2D eigenvalue weighted by molar-refractivity contribution is 0.269. The summed E-state index contributed by atoms with van der Waals surface area (Å²) in [6.07, 6.45) is 1.60. The van der Waals surface area contributed by atoms with Gasteiger partial charge in [-0.2, -0.15) is 5.26 Å². The lowest BCUT2D eigenvalue weighted by Crippen LogP contribution is -2.09. The van der Waals surface area contributed by atoms with Gasteiger partial charge in [0.15, 0.2) is 11.5 Å². The topological polar surface area (TPSA) is 68.3 Å². The SMILES string of the molecule is CCOc1cc(/C=C(\C#N)C(N)=S)ccc1OCc1ccc(Cl)c(Cl)c1. The van der Waals surface area contributed by atoms with E-state index in [0.717, 1.165) is 11.1 Å². The minimum atomic E-state index is 0.0467. The molecule has 2 aromatic rings. The molecule has 0 aliphatic rings. The summed E-state index contributed by atoms with van der Waals surface area (Å²) < 4.78 is 11.5. The van der Waals surface area contributed by atoms with Crippen LogP contribution in [0.4, 0.5) is 0 Å². The van der Waals surface area contributed by atoms with E-state index in [1.165, 1.54) is 0 Å². The van der Waals surface area contributed by atoms with Crippen molar-refractivity contribution in [2.75, 3.05) is 6.61 Å². The number of ether oxygens (including phenoxy) is 2. The van der Waals surface area contributed by atoms with Gasteiger partial charge < -0.3 is 15.2 Å². The van der Waals surface area contributed by atoms with E-state index in [-0.39, 0.29) is 10.6 Å². The first-order chi connectivity index (χ1) is 12.4. The summed E-state index contributed by atoms with van der Waals surface area (Å²) in [5, 5.41) is 10.0. The maximum absolute atomic E-state index is 9.08. The zero-order valence-corrected chi connectivity index (χ0v) is 16.3. The number of nitrogens with zero attached hydrogens (tertiary/aromatic N) is 1. The largest absolute Gasteiger partial charge is 0.490 e. The van der Waals surface area contributed by atoms with Crippen LogP contribution < -0.4 is 15.2 Å². The molecule has 0 atom stereocenters. The molecule has 0 fully saturated rings. The molecule has 0 unspecified atom stereocenters. The number of benzene rings is 2. The molecular formula is C19H16Cl2N2O2S. The fraction of sp³-hybridized carbons (Fsp3) is 0.158. The molecule has 0 aromatic heterocycles. The molecule has 0 bridgehead atoms. The van der Waals surface area contributed by atoms with Gasteiger partial charge in [0.1, 0.15) is 17.7 Å². The molecule has 0 saturated heterocycles. The minimum Gasteiger partial charge on any atom is -0.490 e. The number of nitrogens with two attached hydrogens (primary N) is 1. The van der Waals surface area contributed by atoms with Crippen molar-refractivity contribution in [3.63, 3.8) is 0 Å². The Bertz CT molecular complexity index is 892. The maximum Gasteiger partial charge on any atom is 0.161 e. The summed E-state index contributed by atoms with van der Waals surface area (Å²) in [5.74, 6) is 1.13. The van der Waals surface area contributed by atoms with Crippen LogP contribution in [0, 0.1) is 11.3 Å². The molecule has 0 aliphatic carbocycles. The lowest BCUT2D eigenvalue weighted by atomic mass is 10.1. The molecule has 0 saturated carbocycles. The number of hydrogen-bond acceptors (Lipinski definition) is 4. The van der Waals surface area contributed by atoms with Crippen LogP contribution in [0.5, 0.6) is 11.5 Å². The number of halogens is 2. The monoisotopic (exact) mass is 406 g/mol. The zero-order valence-electron chi connectivity index (χ0n) is 14.0. The highest BCUT2D eigenvalue weighted by Gasteiger charge is 2.08. The Hall–Kier alpha value is -2.26. The van der Waals surface area contributed by atoms with Crippen LogP contribution in [-0.2, 0) is 6.61 Å². The fourth-order valence-corrected chi connectivity index (χ4v) is 2.54. The van der Waals surface area contributed by atoms with Gasteiger partial charge in [-0.05, 0) is 48.4 Å². The molecule has 0 radical (unpaired) electrons. The predicted molar refractivity (Wildman–Crippen MR) is 109 cm³/mol. The first-order valence-corrected chi connectivity index (χ1v) is 8.86. The van der Waals surface area contributed by atoms with Crippen molar-refractivity contribution >= 4 is 46.5 Å². The number of thiocarbonyl (C=S) groups is 1. The van der Waals surface area contributed by atoms with E-state index >= 15 is 0 Å². The summed E-state index contributed by atoms with van der Waals surface area (Å²) >= 11 is 16.8. The van der Waals surface area contributed by atoms with Crippen molar-refractivity contribution in [1.82, 2.24) is 0 Å². The maximum atomic E-state index is 9.08. The third-order valence-electron chi connectivity index (χ3n) is 3.34. The third-order valence-corrected chi connectivity index (χ3v) is 4.30. The van der Waals surface area contributed by atoms with Crippen molar-refractivity contribution in [3.8, 4) is 17.6 Å². The van der Waals surface area contributed by atoms with Crippen LogP contribution in [-0.4, -0.2) is 11.6 Å². The van der Waals surface area contributed by atoms with Gasteiger partial charge in [0.25, 0.3) is 0 Å². The van der Waals surface area contributed by atoms with Crippen LogP contribution >= 0.6 is 35.4 Å². The highest BCUT2D eigenvalue weighted by Crippen LogP contribution is 2.31. The minimum absolute atomic E-state index is 0.0467. The summed E-state index contributed by atoms with van der Waals surface area (Å²) in [6, 6.07) is 12.6. The number of hydrogen-bond donors (Lipinski definition) is 1. The molecule has 4 nitrogen and oxygen atoms in total. The molecule has 2 aromatic carbocycles. The van der Waals surface area contributed by atoms with Gasteiger partial charge in [0, 0.05) is 0 Å². The number of nitriles is 1. The molecule has 0 amide bonds. The highest BCUT2D eigenvalue weighted by molar-refractivity contribution is 7.80. The Labute approximate surface area is 167 Å². The van der Waals surface area contributed by atoms with E-state index in [1.54, 1.807) is 36.4 Å². The quantitative estimate of drug-likeness (QED) is 0.390. The summed E-state index contributed by atoms with van der Waals surface area (Å²) in [5.41, 5.74) is 7.37. The van der Waals surface area contributed by atoms with Crippen molar-refractivity contribution < 1.29 is 9.47 Å². The fourth-order valence-electron chi connectivity index (χ4n) is 2.12. The Balaban J connectivity index is 2.24. The molecular weight excluding hydrogens is 391 g/mol. The van der Waals surface area contributed by atoms with Crippen LogP contribution in [0.15, 0.2) is 42.0 Å². The lowest BCUT2D eigenvalue weighted by Gasteiger charge is -2.13. The molecule has 0 aliphatic heterocycles. The molecule has 134 valence electrons. The smallest absolute Gasteiger partial charge is 0.161 e. The second kappa shape index (κ2) is 9.44. The first-order valence-electron chi connectivity index (χ1n) is 7.69. The summed E-state index contributed by atoms with van der Waals surface area (Å²) in [7, 11) is 0. The van der Waals surface area contributed by atoms with Crippen molar-refractivity contribution in [2.24, 2.45) is 5.73 Å². The van der Waals surface area contributed by atoms with Gasteiger partial charge in [-0.25, -0.2) is 0 Å². The van der Waals surface area contributed by atoms with Gasteiger partial charge >= 0.3 is 0 Å². The highest BCUT2D eigenvalue weighted by atomic mass is 35.5. The van der Waals surface area contributed by atoms with Gasteiger partial charge in [-0.1, -0.05) is 47.6 Å². The van der Waals surface area contributed by atoms with E-state index in [0.29, 0.717) is 34.8 Å².